The molecular weight excluding hydrogens is 464 g/mol. The molecule has 1 aliphatic carbocycles. The molecule has 4 N–H and O–H groups in total. The normalized spacial score (nSPS) is 23.3. The zero-order chi connectivity index (χ0) is 24.6. The van der Waals surface area contributed by atoms with Crippen LogP contribution in [0.5, 0.6) is 5.75 Å². The number of nitrogens with zero attached hydrogens (tertiary/aromatic N) is 1. The van der Waals surface area contributed by atoms with E-state index in [1.165, 1.54) is 25.3 Å². The Morgan fingerprint density at radius 1 is 1.36 bits per heavy atom. The van der Waals surface area contributed by atoms with Crippen LogP contribution in [0, 0.1) is 0 Å². The number of allylic oxidation sites excluding steroid dienone is 4. The van der Waals surface area contributed by atoms with E-state index < -0.39 is 47.8 Å². The largest absolute Gasteiger partial charge is 0.487 e. The standard InChI is InChI=1S/C22H27ClF4N4O2/c1-3-4-5-6-13(2)30-20(22(25,26)27)19(28)21(32)31-14-7-8-17(16(24)11-14)33-15-9-10-29-18(23)12-15/h3-6,9-10,12-14,16-17,30H,7-8,11,28H2,1-2H3,(H,31,32)/b4-3-,6-5-,20-19-. The summed E-state index contributed by atoms with van der Waals surface area (Å²) in [6, 6.07) is 1.56. The molecule has 1 saturated carbocycles. The Hall–Kier alpha value is -2.75. The third kappa shape index (κ3) is 8.27. The average molecular weight is 491 g/mol. The van der Waals surface area contributed by atoms with Crippen molar-refractivity contribution in [3.63, 3.8) is 0 Å². The first-order chi connectivity index (χ1) is 15.5. The Morgan fingerprint density at radius 3 is 2.70 bits per heavy atom. The summed E-state index contributed by atoms with van der Waals surface area (Å²) in [5.41, 5.74) is 3.20. The second kappa shape index (κ2) is 11.9. The Kier molecular flexibility index (Phi) is 9.57. The van der Waals surface area contributed by atoms with Gasteiger partial charge in [0.15, 0.2) is 0 Å². The van der Waals surface area contributed by atoms with Gasteiger partial charge in [-0.1, -0.05) is 35.9 Å². The number of hydrogen-bond donors (Lipinski definition) is 3. The predicted octanol–water partition coefficient (Wildman–Crippen LogP) is 4.33. The summed E-state index contributed by atoms with van der Waals surface area (Å²) >= 11 is 5.79. The molecule has 1 aromatic heterocycles. The Morgan fingerprint density at radius 2 is 2.09 bits per heavy atom. The van der Waals surface area contributed by atoms with Gasteiger partial charge in [0, 0.05) is 30.8 Å². The summed E-state index contributed by atoms with van der Waals surface area (Å²) in [6.45, 7) is 3.25. The molecule has 33 heavy (non-hydrogen) atoms. The average Bonchev–Trinajstić information content (AvgIpc) is 2.73. The number of pyridine rings is 1. The molecule has 1 aromatic rings. The third-order valence-corrected chi connectivity index (χ3v) is 5.11. The summed E-state index contributed by atoms with van der Waals surface area (Å²) < 4.78 is 60.7. The van der Waals surface area contributed by atoms with Crippen molar-refractivity contribution in [3.05, 3.63) is 59.2 Å². The van der Waals surface area contributed by atoms with Crippen LogP contribution >= 0.6 is 11.6 Å². The second-order valence-electron chi connectivity index (χ2n) is 7.60. The van der Waals surface area contributed by atoms with Gasteiger partial charge in [-0.3, -0.25) is 4.79 Å². The summed E-state index contributed by atoms with van der Waals surface area (Å²) in [4.78, 5) is 16.2. The Labute approximate surface area is 194 Å². The molecule has 2 rings (SSSR count). The lowest BCUT2D eigenvalue weighted by molar-refractivity contribution is -0.121. The number of hydrogen-bond acceptors (Lipinski definition) is 5. The van der Waals surface area contributed by atoms with Crippen LogP contribution < -0.4 is 21.1 Å². The van der Waals surface area contributed by atoms with E-state index in [2.05, 4.69) is 15.6 Å². The van der Waals surface area contributed by atoms with Crippen LogP contribution in [0.1, 0.15) is 33.1 Å². The van der Waals surface area contributed by atoms with Crippen LogP contribution in [0.4, 0.5) is 17.6 Å². The lowest BCUT2D eigenvalue weighted by Gasteiger charge is -2.32. The molecule has 4 unspecified atom stereocenters. The van der Waals surface area contributed by atoms with Gasteiger partial charge in [0.1, 0.15) is 34.6 Å². The van der Waals surface area contributed by atoms with Crippen LogP contribution in [0.25, 0.3) is 0 Å². The molecule has 1 amide bonds. The molecule has 182 valence electrons. The fourth-order valence-corrected chi connectivity index (χ4v) is 3.45. The van der Waals surface area contributed by atoms with E-state index >= 15 is 0 Å². The first kappa shape index (κ1) is 26.5. The number of amides is 1. The molecule has 1 heterocycles. The SMILES string of the molecule is C/C=C\C=C/C(C)N/C(=C(\N)C(=O)NC1CCC(Oc2ccnc(Cl)c2)C(F)C1)C(F)(F)F. The smallest absolute Gasteiger partial charge is 0.433 e. The van der Waals surface area contributed by atoms with Crippen molar-refractivity contribution in [2.45, 2.75) is 63.6 Å². The number of carbonyl (C=O) groups excluding carboxylic acids is 1. The molecule has 1 aliphatic rings. The maximum atomic E-state index is 14.6. The van der Waals surface area contributed by atoms with Gasteiger partial charge in [-0.2, -0.15) is 13.2 Å². The number of carbonyl (C=O) groups is 1. The van der Waals surface area contributed by atoms with Crippen LogP contribution in [0.15, 0.2) is 54.0 Å². The van der Waals surface area contributed by atoms with Gasteiger partial charge in [0.25, 0.3) is 5.91 Å². The van der Waals surface area contributed by atoms with Crippen molar-refractivity contribution < 1.29 is 27.1 Å². The van der Waals surface area contributed by atoms with Gasteiger partial charge in [0.2, 0.25) is 0 Å². The number of halogens is 5. The molecule has 11 heteroatoms. The zero-order valence-corrected chi connectivity index (χ0v) is 19.0. The van der Waals surface area contributed by atoms with Crippen LogP contribution in [0.2, 0.25) is 5.15 Å². The molecule has 0 saturated heterocycles. The first-order valence-corrected chi connectivity index (χ1v) is 10.7. The van der Waals surface area contributed by atoms with Crippen molar-refractivity contribution in [2.75, 3.05) is 0 Å². The van der Waals surface area contributed by atoms with E-state index in [1.54, 1.807) is 31.2 Å². The monoisotopic (exact) mass is 490 g/mol. The molecule has 4 atom stereocenters. The molecule has 0 aliphatic heterocycles. The Balaban J connectivity index is 2.02. The van der Waals surface area contributed by atoms with Gasteiger partial charge in [0.05, 0.1) is 0 Å². The summed E-state index contributed by atoms with van der Waals surface area (Å²) in [5, 5.41) is 4.82. The van der Waals surface area contributed by atoms with Crippen molar-refractivity contribution in [1.82, 2.24) is 15.6 Å². The van der Waals surface area contributed by atoms with Gasteiger partial charge in [-0.05, 0) is 32.8 Å². The molecule has 0 spiro atoms. The highest BCUT2D eigenvalue weighted by Crippen LogP contribution is 2.28. The quantitative estimate of drug-likeness (QED) is 0.218. The van der Waals surface area contributed by atoms with Crippen LogP contribution in [-0.4, -0.2) is 41.4 Å². The van der Waals surface area contributed by atoms with Crippen LogP contribution in [-0.2, 0) is 4.79 Å². The number of ether oxygens (including phenoxy) is 1. The molecular formula is C22H27ClF4N4O2. The van der Waals surface area contributed by atoms with E-state index in [0.29, 0.717) is 12.2 Å². The van der Waals surface area contributed by atoms with Gasteiger partial charge >= 0.3 is 6.18 Å². The number of nitrogens with two attached hydrogens (primary N) is 1. The van der Waals surface area contributed by atoms with E-state index in [-0.39, 0.29) is 18.0 Å². The van der Waals surface area contributed by atoms with E-state index in [0.717, 1.165) is 0 Å². The number of alkyl halides is 4. The minimum atomic E-state index is -4.87. The van der Waals surface area contributed by atoms with Gasteiger partial charge in [-0.15, -0.1) is 0 Å². The van der Waals surface area contributed by atoms with Crippen molar-refractivity contribution in [3.8, 4) is 5.75 Å². The minimum absolute atomic E-state index is 0.125. The molecule has 1 fully saturated rings. The van der Waals surface area contributed by atoms with E-state index in [9.17, 15) is 22.4 Å². The summed E-state index contributed by atoms with van der Waals surface area (Å²) in [6.07, 6.45) is 1.19. The summed E-state index contributed by atoms with van der Waals surface area (Å²) in [7, 11) is 0. The van der Waals surface area contributed by atoms with E-state index in [4.69, 9.17) is 22.1 Å². The molecule has 6 nitrogen and oxygen atoms in total. The van der Waals surface area contributed by atoms with Crippen molar-refractivity contribution >= 4 is 17.5 Å². The highest BCUT2D eigenvalue weighted by atomic mass is 35.5. The minimum Gasteiger partial charge on any atom is -0.487 e. The lowest BCUT2D eigenvalue weighted by atomic mass is 9.91. The van der Waals surface area contributed by atoms with Gasteiger partial charge < -0.3 is 21.1 Å². The number of rotatable bonds is 8. The van der Waals surface area contributed by atoms with Gasteiger partial charge in [-0.25, -0.2) is 9.37 Å². The molecule has 0 aromatic carbocycles. The van der Waals surface area contributed by atoms with E-state index in [1.807, 2.05) is 0 Å². The predicted molar refractivity (Wildman–Crippen MR) is 118 cm³/mol. The third-order valence-electron chi connectivity index (χ3n) is 4.91. The maximum absolute atomic E-state index is 14.6. The zero-order valence-electron chi connectivity index (χ0n) is 18.2. The van der Waals surface area contributed by atoms with Crippen molar-refractivity contribution in [1.29, 1.82) is 0 Å². The highest BCUT2D eigenvalue weighted by Gasteiger charge is 2.39. The molecule has 0 bridgehead atoms. The fraction of sp³-hybridized carbons (Fsp3) is 0.455. The fourth-order valence-electron chi connectivity index (χ4n) is 3.29. The number of aromatic nitrogens is 1. The van der Waals surface area contributed by atoms with Crippen LogP contribution in [0.3, 0.4) is 0 Å². The molecule has 0 radical (unpaired) electrons. The topological polar surface area (TPSA) is 89.3 Å². The first-order valence-electron chi connectivity index (χ1n) is 10.4. The summed E-state index contributed by atoms with van der Waals surface area (Å²) in [5.74, 6) is -0.757. The maximum Gasteiger partial charge on any atom is 0.433 e. The highest BCUT2D eigenvalue weighted by molar-refractivity contribution is 6.29. The van der Waals surface area contributed by atoms with Crippen molar-refractivity contribution in [2.24, 2.45) is 5.73 Å². The lowest BCUT2D eigenvalue weighted by Crippen LogP contribution is -2.47. The second-order valence-corrected chi connectivity index (χ2v) is 7.99. The Bertz CT molecular complexity index is 905. The number of nitrogens with one attached hydrogen (secondary N) is 2.